The van der Waals surface area contributed by atoms with E-state index in [2.05, 4.69) is 10.2 Å². The van der Waals surface area contributed by atoms with Crippen molar-refractivity contribution in [3.63, 3.8) is 0 Å². The fraction of sp³-hybridized carbons (Fsp3) is 0.235. The minimum Gasteiger partial charge on any atom is -0.461 e. The Bertz CT molecular complexity index is 849. The van der Waals surface area contributed by atoms with E-state index in [1.807, 2.05) is 35.8 Å². The fourth-order valence-corrected chi connectivity index (χ4v) is 3.20. The van der Waals surface area contributed by atoms with Crippen LogP contribution in [0.3, 0.4) is 0 Å². The number of aromatic nitrogens is 3. The van der Waals surface area contributed by atoms with Crippen LogP contribution in [0.5, 0.6) is 0 Å². The Labute approximate surface area is 154 Å². The van der Waals surface area contributed by atoms with Crippen LogP contribution in [0.1, 0.15) is 12.5 Å². The van der Waals surface area contributed by atoms with Gasteiger partial charge in [-0.15, -0.1) is 10.2 Å². The average Bonchev–Trinajstić information content (AvgIpc) is 3.28. The molecule has 3 aromatic rings. The van der Waals surface area contributed by atoms with Crippen molar-refractivity contribution >= 4 is 29.3 Å². The third-order valence-corrected chi connectivity index (χ3v) is 4.75. The number of furan rings is 1. The number of carbonyl (C=O) groups excluding carboxylic acids is 1. The number of nitrogens with zero attached hydrogens (tertiary/aromatic N) is 3. The first-order chi connectivity index (χ1) is 12.2. The van der Waals surface area contributed by atoms with Crippen LogP contribution in [0.2, 0.25) is 5.02 Å². The highest BCUT2D eigenvalue weighted by Crippen LogP contribution is 2.24. The zero-order chi connectivity index (χ0) is 17.6. The summed E-state index contributed by atoms with van der Waals surface area (Å²) in [5.74, 6) is 1.08. The Morgan fingerprint density at radius 2 is 2.12 bits per heavy atom. The molecule has 0 aliphatic carbocycles. The Morgan fingerprint density at radius 1 is 1.28 bits per heavy atom. The number of halogens is 1. The predicted molar refractivity (Wildman–Crippen MR) is 95.4 cm³/mol. The van der Waals surface area contributed by atoms with Crippen molar-refractivity contribution in [2.45, 2.75) is 25.2 Å². The molecule has 130 valence electrons. The maximum absolute atomic E-state index is 12.0. The molecule has 0 spiro atoms. The predicted octanol–water partition coefficient (Wildman–Crippen LogP) is 4.05. The molecule has 2 aromatic heterocycles. The number of ether oxygens (including phenoxy) is 1. The van der Waals surface area contributed by atoms with Gasteiger partial charge in [0.2, 0.25) is 0 Å². The molecular formula is C17H16ClN3O3S. The standard InChI is InChI=1S/C17H16ClN3O3S/c1-2-21-16(14-8-5-9-23-14)19-20-17(21)25-11-15(22)24-10-12-6-3-4-7-13(12)18/h3-9H,2,10-11H2,1H3. The maximum atomic E-state index is 12.0. The molecule has 8 heteroatoms. The van der Waals surface area contributed by atoms with Gasteiger partial charge >= 0.3 is 5.97 Å². The Morgan fingerprint density at radius 3 is 2.84 bits per heavy atom. The Balaban J connectivity index is 1.58. The second-order valence-electron chi connectivity index (χ2n) is 5.07. The van der Waals surface area contributed by atoms with Gasteiger partial charge < -0.3 is 9.15 Å². The summed E-state index contributed by atoms with van der Waals surface area (Å²) in [6, 6.07) is 10.9. The minimum atomic E-state index is -0.338. The molecule has 3 rings (SSSR count). The number of benzene rings is 1. The number of esters is 1. The summed E-state index contributed by atoms with van der Waals surface area (Å²) in [7, 11) is 0. The summed E-state index contributed by atoms with van der Waals surface area (Å²) in [5.41, 5.74) is 0.777. The maximum Gasteiger partial charge on any atom is 0.316 e. The Hall–Kier alpha value is -2.25. The van der Waals surface area contributed by atoms with Crippen LogP contribution < -0.4 is 0 Å². The van der Waals surface area contributed by atoms with Crippen LogP contribution in [-0.2, 0) is 22.7 Å². The number of thioether (sulfide) groups is 1. The molecule has 0 radical (unpaired) electrons. The van der Waals surface area contributed by atoms with E-state index in [1.54, 1.807) is 18.4 Å². The second-order valence-corrected chi connectivity index (χ2v) is 6.42. The lowest BCUT2D eigenvalue weighted by Crippen LogP contribution is -2.09. The van der Waals surface area contributed by atoms with E-state index in [0.29, 0.717) is 28.3 Å². The topological polar surface area (TPSA) is 70.2 Å². The zero-order valence-corrected chi connectivity index (χ0v) is 15.1. The smallest absolute Gasteiger partial charge is 0.316 e. The summed E-state index contributed by atoms with van der Waals surface area (Å²) in [4.78, 5) is 12.0. The lowest BCUT2D eigenvalue weighted by molar-refractivity contribution is -0.141. The van der Waals surface area contributed by atoms with Crippen molar-refractivity contribution in [2.75, 3.05) is 5.75 Å². The number of carbonyl (C=O) groups is 1. The van der Waals surface area contributed by atoms with Gasteiger partial charge in [-0.05, 0) is 25.1 Å². The van der Waals surface area contributed by atoms with E-state index in [1.165, 1.54) is 11.8 Å². The van der Waals surface area contributed by atoms with E-state index in [0.717, 1.165) is 5.56 Å². The highest BCUT2D eigenvalue weighted by Gasteiger charge is 2.16. The lowest BCUT2D eigenvalue weighted by atomic mass is 10.2. The average molecular weight is 378 g/mol. The first-order valence-electron chi connectivity index (χ1n) is 7.68. The van der Waals surface area contributed by atoms with Crippen LogP contribution >= 0.6 is 23.4 Å². The molecular weight excluding hydrogens is 362 g/mol. The molecule has 25 heavy (non-hydrogen) atoms. The van der Waals surface area contributed by atoms with Gasteiger partial charge in [-0.1, -0.05) is 41.6 Å². The van der Waals surface area contributed by atoms with Crippen molar-refractivity contribution in [1.82, 2.24) is 14.8 Å². The fourth-order valence-electron chi connectivity index (χ4n) is 2.21. The molecule has 0 fully saturated rings. The molecule has 0 N–H and O–H groups in total. The van der Waals surface area contributed by atoms with Crippen molar-refractivity contribution in [3.8, 4) is 11.6 Å². The number of hydrogen-bond acceptors (Lipinski definition) is 6. The van der Waals surface area contributed by atoms with E-state index >= 15 is 0 Å². The van der Waals surface area contributed by atoms with E-state index in [9.17, 15) is 4.79 Å². The lowest BCUT2D eigenvalue weighted by Gasteiger charge is -2.07. The summed E-state index contributed by atoms with van der Waals surface area (Å²) < 4.78 is 12.5. The molecule has 0 atom stereocenters. The summed E-state index contributed by atoms with van der Waals surface area (Å²) in [6.45, 7) is 2.80. The van der Waals surface area contributed by atoms with Gasteiger partial charge in [0.25, 0.3) is 0 Å². The van der Waals surface area contributed by atoms with Crippen molar-refractivity contribution in [1.29, 1.82) is 0 Å². The SMILES string of the molecule is CCn1c(SCC(=O)OCc2ccccc2Cl)nnc1-c1ccco1. The number of hydrogen-bond donors (Lipinski definition) is 0. The van der Waals surface area contributed by atoms with Gasteiger partial charge in [0.05, 0.1) is 12.0 Å². The van der Waals surface area contributed by atoms with Crippen LogP contribution in [0.4, 0.5) is 0 Å². The molecule has 0 aliphatic rings. The molecule has 0 saturated heterocycles. The van der Waals surface area contributed by atoms with Gasteiger partial charge in [-0.25, -0.2) is 0 Å². The van der Waals surface area contributed by atoms with Crippen LogP contribution in [0, 0.1) is 0 Å². The van der Waals surface area contributed by atoms with Gasteiger partial charge in [0, 0.05) is 17.1 Å². The van der Waals surface area contributed by atoms with Gasteiger partial charge in [0.15, 0.2) is 16.7 Å². The third-order valence-electron chi connectivity index (χ3n) is 3.44. The zero-order valence-electron chi connectivity index (χ0n) is 13.5. The molecule has 0 aliphatic heterocycles. The summed E-state index contributed by atoms with van der Waals surface area (Å²) in [5, 5.41) is 9.50. The molecule has 2 heterocycles. The molecule has 1 aromatic carbocycles. The van der Waals surface area contributed by atoms with Crippen molar-refractivity contribution in [3.05, 3.63) is 53.2 Å². The third kappa shape index (κ3) is 4.24. The van der Waals surface area contributed by atoms with Gasteiger partial charge in [0.1, 0.15) is 6.61 Å². The summed E-state index contributed by atoms with van der Waals surface area (Å²) >= 11 is 7.32. The van der Waals surface area contributed by atoms with Gasteiger partial charge in [-0.3, -0.25) is 9.36 Å². The monoisotopic (exact) mass is 377 g/mol. The van der Waals surface area contributed by atoms with Crippen LogP contribution in [-0.4, -0.2) is 26.5 Å². The second kappa shape index (κ2) is 8.22. The quantitative estimate of drug-likeness (QED) is 0.457. The van der Waals surface area contributed by atoms with E-state index < -0.39 is 0 Å². The first kappa shape index (κ1) is 17.6. The molecule has 0 bridgehead atoms. The normalized spacial score (nSPS) is 10.8. The van der Waals surface area contributed by atoms with Crippen LogP contribution in [0.25, 0.3) is 11.6 Å². The highest BCUT2D eigenvalue weighted by atomic mass is 35.5. The number of rotatable bonds is 7. The van der Waals surface area contributed by atoms with Crippen LogP contribution in [0.15, 0.2) is 52.2 Å². The molecule has 6 nitrogen and oxygen atoms in total. The largest absolute Gasteiger partial charge is 0.461 e. The molecule has 0 amide bonds. The summed E-state index contributed by atoms with van der Waals surface area (Å²) in [6.07, 6.45) is 1.59. The minimum absolute atomic E-state index is 0.140. The highest BCUT2D eigenvalue weighted by molar-refractivity contribution is 7.99. The van der Waals surface area contributed by atoms with Crippen molar-refractivity contribution < 1.29 is 13.9 Å². The van der Waals surface area contributed by atoms with E-state index in [-0.39, 0.29) is 18.3 Å². The Kier molecular flexibility index (Phi) is 5.78. The molecule has 0 saturated carbocycles. The van der Waals surface area contributed by atoms with Gasteiger partial charge in [-0.2, -0.15) is 0 Å². The molecule has 0 unspecified atom stereocenters. The van der Waals surface area contributed by atoms with Crippen molar-refractivity contribution in [2.24, 2.45) is 0 Å². The first-order valence-corrected chi connectivity index (χ1v) is 9.04. The van der Waals surface area contributed by atoms with E-state index in [4.69, 9.17) is 20.8 Å².